The van der Waals surface area contributed by atoms with Crippen molar-refractivity contribution in [1.82, 2.24) is 0 Å². The number of carbonyl (C=O) groups is 1. The number of hydrogen-bond donors (Lipinski definition) is 0. The topological polar surface area (TPSA) is 17.1 Å². The first-order valence-corrected chi connectivity index (χ1v) is 9.50. The second-order valence-corrected chi connectivity index (χ2v) is 6.91. The summed E-state index contributed by atoms with van der Waals surface area (Å²) in [5, 5.41) is 0. The summed E-state index contributed by atoms with van der Waals surface area (Å²) in [6, 6.07) is 8.00. The molecule has 0 heterocycles. The molecule has 2 aromatic carbocycles. The van der Waals surface area contributed by atoms with Gasteiger partial charge in [-0.2, -0.15) is 13.2 Å². The van der Waals surface area contributed by atoms with Crippen LogP contribution >= 0.6 is 15.9 Å². The zero-order valence-electron chi connectivity index (χ0n) is 16.1. The quantitative estimate of drug-likeness (QED) is 0.447. The van der Waals surface area contributed by atoms with Gasteiger partial charge >= 0.3 is 6.18 Å². The lowest BCUT2D eigenvalue weighted by atomic mass is 9.91. The molecule has 2 aromatic rings. The van der Waals surface area contributed by atoms with Crippen LogP contribution in [0, 0.1) is 20.8 Å². The van der Waals surface area contributed by atoms with E-state index >= 15 is 0 Å². The van der Waals surface area contributed by atoms with Gasteiger partial charge in [-0.15, -0.1) is 0 Å². The summed E-state index contributed by atoms with van der Waals surface area (Å²) >= 11 is 3.24. The van der Waals surface area contributed by atoms with Crippen molar-refractivity contribution in [3.8, 4) is 0 Å². The highest BCUT2D eigenvalue weighted by Crippen LogP contribution is 2.37. The fourth-order valence-electron chi connectivity index (χ4n) is 2.61. The Morgan fingerprint density at radius 2 is 1.56 bits per heavy atom. The molecular formula is C22H24BrF3O. The maximum atomic E-state index is 13.6. The third-order valence-electron chi connectivity index (χ3n) is 4.29. The summed E-state index contributed by atoms with van der Waals surface area (Å²) in [4.78, 5) is 10.8. The Labute approximate surface area is 167 Å². The summed E-state index contributed by atoms with van der Waals surface area (Å²) in [6.07, 6.45) is -1.10. The number of hydrogen-bond acceptors (Lipinski definition) is 1. The van der Waals surface area contributed by atoms with Gasteiger partial charge in [-0.05, 0) is 60.7 Å². The van der Waals surface area contributed by atoms with Crippen molar-refractivity contribution in [3.05, 3.63) is 74.3 Å². The Morgan fingerprint density at radius 3 is 2.00 bits per heavy atom. The van der Waals surface area contributed by atoms with Gasteiger partial charge in [0.15, 0.2) is 6.29 Å². The highest BCUT2D eigenvalue weighted by Gasteiger charge is 2.39. The minimum Gasteiger partial charge on any atom is -0.298 e. The molecule has 0 aliphatic rings. The fourth-order valence-corrected chi connectivity index (χ4v) is 3.10. The van der Waals surface area contributed by atoms with E-state index in [0.717, 1.165) is 22.8 Å². The minimum atomic E-state index is -4.38. The van der Waals surface area contributed by atoms with Gasteiger partial charge in [-0.1, -0.05) is 60.1 Å². The molecule has 5 heteroatoms. The van der Waals surface area contributed by atoms with Crippen LogP contribution in [0.4, 0.5) is 13.2 Å². The number of allylic oxidation sites excluding steroid dienone is 1. The van der Waals surface area contributed by atoms with Gasteiger partial charge in [0.25, 0.3) is 0 Å². The van der Waals surface area contributed by atoms with Gasteiger partial charge in [-0.3, -0.25) is 4.79 Å². The predicted octanol–water partition coefficient (Wildman–Crippen LogP) is 7.57. The highest BCUT2D eigenvalue weighted by atomic mass is 79.9. The molecule has 1 atom stereocenters. The number of aldehydes is 1. The molecule has 0 spiro atoms. The molecule has 1 nitrogen and oxygen atoms in total. The van der Waals surface area contributed by atoms with Gasteiger partial charge in [-0.25, -0.2) is 0 Å². The average molecular weight is 441 g/mol. The predicted molar refractivity (Wildman–Crippen MR) is 109 cm³/mol. The van der Waals surface area contributed by atoms with Crippen LogP contribution in [-0.4, -0.2) is 12.5 Å². The van der Waals surface area contributed by atoms with Crippen molar-refractivity contribution < 1.29 is 18.0 Å². The van der Waals surface area contributed by atoms with Gasteiger partial charge in [0.05, 0.1) is 5.92 Å². The fraction of sp³-hybridized carbons (Fsp3) is 0.318. The van der Waals surface area contributed by atoms with E-state index in [1.54, 1.807) is 30.3 Å². The summed E-state index contributed by atoms with van der Waals surface area (Å²) in [7, 11) is 0. The smallest absolute Gasteiger partial charge is 0.298 e. The monoisotopic (exact) mass is 440 g/mol. The summed E-state index contributed by atoms with van der Waals surface area (Å²) in [5.41, 5.74) is 3.96. The molecule has 0 saturated carbocycles. The Morgan fingerprint density at radius 1 is 1.00 bits per heavy atom. The maximum absolute atomic E-state index is 13.6. The standard InChI is InChI=1S/C20H18BrF3O.C2H6/c1-12-8-17(9-13(2)14(12)3)18(20(22,23)24)7-5-15-4-6-16(11-25)19(21)10-15;1-2/h4-11,18H,1-3H3;1-2H3/b7-5+;. The van der Waals surface area contributed by atoms with E-state index in [4.69, 9.17) is 0 Å². The third-order valence-corrected chi connectivity index (χ3v) is 4.98. The summed E-state index contributed by atoms with van der Waals surface area (Å²) in [5.74, 6) is -1.69. The molecule has 27 heavy (non-hydrogen) atoms. The Balaban J connectivity index is 0.00000176. The van der Waals surface area contributed by atoms with E-state index in [1.807, 2.05) is 34.6 Å². The van der Waals surface area contributed by atoms with Crippen LogP contribution in [0.1, 0.15) is 57.9 Å². The lowest BCUT2D eigenvalue weighted by Crippen LogP contribution is -2.19. The summed E-state index contributed by atoms with van der Waals surface area (Å²) < 4.78 is 41.2. The molecule has 0 aromatic heterocycles. The molecule has 0 amide bonds. The molecule has 0 aliphatic carbocycles. The molecule has 1 unspecified atom stereocenters. The van der Waals surface area contributed by atoms with Crippen LogP contribution in [0.2, 0.25) is 0 Å². The normalized spacial score (nSPS) is 12.5. The zero-order chi connectivity index (χ0) is 20.8. The first kappa shape index (κ1) is 23.2. The zero-order valence-corrected chi connectivity index (χ0v) is 17.7. The van der Waals surface area contributed by atoms with E-state index in [0.29, 0.717) is 21.9 Å². The lowest BCUT2D eigenvalue weighted by Gasteiger charge is -2.19. The minimum absolute atomic E-state index is 0.230. The van der Waals surface area contributed by atoms with Gasteiger partial charge in [0, 0.05) is 10.0 Å². The van der Waals surface area contributed by atoms with E-state index in [9.17, 15) is 18.0 Å². The SMILES string of the molecule is CC.Cc1cc(C(/C=C/c2ccc(C=O)c(Br)c2)C(F)(F)F)cc(C)c1C. The van der Waals surface area contributed by atoms with Crippen LogP contribution in [-0.2, 0) is 0 Å². The van der Waals surface area contributed by atoms with Crippen molar-refractivity contribution in [2.75, 3.05) is 0 Å². The number of halogens is 4. The van der Waals surface area contributed by atoms with E-state index in [-0.39, 0.29) is 5.56 Å². The molecule has 2 rings (SSSR count). The first-order chi connectivity index (χ1) is 12.6. The number of carbonyl (C=O) groups excluding carboxylic acids is 1. The van der Waals surface area contributed by atoms with E-state index in [1.165, 1.54) is 6.08 Å². The molecule has 0 bridgehead atoms. The molecule has 0 N–H and O–H groups in total. The third kappa shape index (κ3) is 6.06. The van der Waals surface area contributed by atoms with Crippen LogP contribution in [0.5, 0.6) is 0 Å². The van der Waals surface area contributed by atoms with Crippen LogP contribution in [0.3, 0.4) is 0 Å². The second kappa shape index (κ2) is 9.88. The molecule has 0 saturated heterocycles. The van der Waals surface area contributed by atoms with Crippen molar-refractivity contribution in [2.45, 2.75) is 46.7 Å². The second-order valence-electron chi connectivity index (χ2n) is 6.06. The van der Waals surface area contributed by atoms with Crippen molar-refractivity contribution in [2.24, 2.45) is 0 Å². The Kier molecular flexibility index (Phi) is 8.48. The number of alkyl halides is 3. The maximum Gasteiger partial charge on any atom is 0.399 e. The number of aryl methyl sites for hydroxylation is 2. The van der Waals surface area contributed by atoms with Gasteiger partial charge < -0.3 is 0 Å². The molecule has 0 fully saturated rings. The van der Waals surface area contributed by atoms with Crippen LogP contribution in [0.25, 0.3) is 6.08 Å². The summed E-state index contributed by atoms with van der Waals surface area (Å²) in [6.45, 7) is 9.54. The Hall–Kier alpha value is -1.88. The van der Waals surface area contributed by atoms with Gasteiger partial charge in [0.1, 0.15) is 0 Å². The molecule has 0 radical (unpaired) electrons. The Bertz CT molecular complexity index is 800. The van der Waals surface area contributed by atoms with E-state index in [2.05, 4.69) is 15.9 Å². The lowest BCUT2D eigenvalue weighted by molar-refractivity contribution is -0.139. The van der Waals surface area contributed by atoms with Crippen LogP contribution < -0.4 is 0 Å². The number of benzene rings is 2. The molecular weight excluding hydrogens is 417 g/mol. The highest BCUT2D eigenvalue weighted by molar-refractivity contribution is 9.10. The van der Waals surface area contributed by atoms with Crippen molar-refractivity contribution in [1.29, 1.82) is 0 Å². The number of rotatable bonds is 4. The van der Waals surface area contributed by atoms with Gasteiger partial charge in [0.2, 0.25) is 0 Å². The van der Waals surface area contributed by atoms with Crippen LogP contribution in [0.15, 0.2) is 40.9 Å². The van der Waals surface area contributed by atoms with E-state index < -0.39 is 12.1 Å². The van der Waals surface area contributed by atoms with Crippen molar-refractivity contribution >= 4 is 28.3 Å². The molecule has 146 valence electrons. The molecule has 0 aliphatic heterocycles. The average Bonchev–Trinajstić information content (AvgIpc) is 2.60. The largest absolute Gasteiger partial charge is 0.399 e. The first-order valence-electron chi connectivity index (χ1n) is 8.71. The van der Waals surface area contributed by atoms with Crippen molar-refractivity contribution in [3.63, 3.8) is 0 Å².